The van der Waals surface area contributed by atoms with E-state index in [4.69, 9.17) is 14.5 Å². The fraction of sp³-hybridized carbons (Fsp3) is 0.455. The second kappa shape index (κ2) is 10.1. The standard InChI is InChI=1S/C22H28N4O3S/c1-2-29-19-6-4-17(5-7-19)20-15-26-18(16-30-22(26)24-20)14-21(27)23-8-3-9-25-10-12-28-13-11-25/h4-7,15-16H,2-3,8-14H2,1H3,(H,23,27). The van der Waals surface area contributed by atoms with Crippen molar-refractivity contribution in [1.29, 1.82) is 0 Å². The Hall–Kier alpha value is -2.42. The van der Waals surface area contributed by atoms with E-state index in [2.05, 4.69) is 10.2 Å². The molecule has 1 aliphatic heterocycles. The van der Waals surface area contributed by atoms with E-state index in [0.717, 1.165) is 66.9 Å². The van der Waals surface area contributed by atoms with Gasteiger partial charge in [-0.3, -0.25) is 14.1 Å². The summed E-state index contributed by atoms with van der Waals surface area (Å²) < 4.78 is 12.9. The summed E-state index contributed by atoms with van der Waals surface area (Å²) in [5.41, 5.74) is 2.90. The number of nitrogens with one attached hydrogen (secondary N) is 1. The highest BCUT2D eigenvalue weighted by Gasteiger charge is 2.13. The van der Waals surface area contributed by atoms with Gasteiger partial charge in [-0.05, 0) is 44.2 Å². The number of thiazole rings is 1. The lowest BCUT2D eigenvalue weighted by atomic mass is 10.1. The molecule has 4 rings (SSSR count). The molecule has 7 nitrogen and oxygen atoms in total. The summed E-state index contributed by atoms with van der Waals surface area (Å²) in [6, 6.07) is 7.94. The van der Waals surface area contributed by atoms with Crippen molar-refractivity contribution in [2.24, 2.45) is 0 Å². The number of carbonyl (C=O) groups is 1. The summed E-state index contributed by atoms with van der Waals surface area (Å²) in [5.74, 6) is 0.904. The lowest BCUT2D eigenvalue weighted by Crippen LogP contribution is -2.38. The van der Waals surface area contributed by atoms with Crippen LogP contribution in [0.2, 0.25) is 0 Å². The van der Waals surface area contributed by atoms with Crippen LogP contribution in [0.15, 0.2) is 35.8 Å². The summed E-state index contributed by atoms with van der Waals surface area (Å²) in [4.78, 5) is 20.4. The van der Waals surface area contributed by atoms with Gasteiger partial charge in [-0.15, -0.1) is 11.3 Å². The molecule has 1 fully saturated rings. The fourth-order valence-corrected chi connectivity index (χ4v) is 4.44. The Balaban J connectivity index is 1.31. The SMILES string of the molecule is CCOc1ccc(-c2cn3c(CC(=O)NCCCN4CCOCC4)csc3n2)cc1. The van der Waals surface area contributed by atoms with Crippen LogP contribution in [0.4, 0.5) is 0 Å². The number of carbonyl (C=O) groups excluding carboxylic acids is 1. The van der Waals surface area contributed by atoms with E-state index in [0.29, 0.717) is 19.6 Å². The average Bonchev–Trinajstić information content (AvgIpc) is 3.35. The molecule has 1 saturated heterocycles. The second-order valence-corrected chi connectivity index (χ2v) is 8.13. The average molecular weight is 429 g/mol. The van der Waals surface area contributed by atoms with Gasteiger partial charge in [0.2, 0.25) is 5.91 Å². The number of benzene rings is 1. The molecule has 2 aromatic heterocycles. The van der Waals surface area contributed by atoms with E-state index in [1.807, 2.05) is 47.2 Å². The van der Waals surface area contributed by atoms with Crippen LogP contribution >= 0.6 is 11.3 Å². The normalized spacial score (nSPS) is 14.8. The van der Waals surface area contributed by atoms with E-state index in [9.17, 15) is 4.79 Å². The third-order valence-electron chi connectivity index (χ3n) is 5.16. The number of amides is 1. The maximum atomic E-state index is 12.4. The van der Waals surface area contributed by atoms with E-state index in [-0.39, 0.29) is 5.91 Å². The maximum absolute atomic E-state index is 12.4. The lowest BCUT2D eigenvalue weighted by Gasteiger charge is -2.26. The molecule has 3 heterocycles. The number of fused-ring (bicyclic) bond motifs is 1. The monoisotopic (exact) mass is 428 g/mol. The van der Waals surface area contributed by atoms with Crippen molar-refractivity contribution in [3.05, 3.63) is 41.5 Å². The van der Waals surface area contributed by atoms with Crippen molar-refractivity contribution in [3.63, 3.8) is 0 Å². The number of imidazole rings is 1. The topological polar surface area (TPSA) is 68.1 Å². The van der Waals surface area contributed by atoms with Gasteiger partial charge in [0.25, 0.3) is 0 Å². The fourth-order valence-electron chi connectivity index (χ4n) is 3.57. The minimum Gasteiger partial charge on any atom is -0.494 e. The van der Waals surface area contributed by atoms with Crippen LogP contribution in [0.25, 0.3) is 16.2 Å². The smallest absolute Gasteiger partial charge is 0.225 e. The molecular formula is C22H28N4O3S. The molecular weight excluding hydrogens is 400 g/mol. The molecule has 1 aliphatic rings. The number of morpholine rings is 1. The molecule has 0 atom stereocenters. The van der Waals surface area contributed by atoms with E-state index in [1.165, 1.54) is 0 Å². The maximum Gasteiger partial charge on any atom is 0.225 e. The van der Waals surface area contributed by atoms with Crippen molar-refractivity contribution in [1.82, 2.24) is 19.6 Å². The van der Waals surface area contributed by atoms with Gasteiger partial charge in [-0.2, -0.15) is 0 Å². The highest BCUT2D eigenvalue weighted by atomic mass is 32.1. The Labute approximate surface area is 180 Å². The number of nitrogens with zero attached hydrogens (tertiary/aromatic N) is 3. The zero-order valence-electron chi connectivity index (χ0n) is 17.3. The Kier molecular flexibility index (Phi) is 6.99. The first-order valence-electron chi connectivity index (χ1n) is 10.5. The lowest BCUT2D eigenvalue weighted by molar-refractivity contribution is -0.120. The molecule has 160 valence electrons. The predicted molar refractivity (Wildman–Crippen MR) is 118 cm³/mol. The quantitative estimate of drug-likeness (QED) is 0.531. The van der Waals surface area contributed by atoms with Crippen LogP contribution in [-0.4, -0.2) is 66.2 Å². The zero-order chi connectivity index (χ0) is 20.8. The Morgan fingerprint density at radius 2 is 2.07 bits per heavy atom. The van der Waals surface area contributed by atoms with Gasteiger partial charge in [0, 0.05) is 42.5 Å². The number of hydrogen-bond acceptors (Lipinski definition) is 6. The van der Waals surface area contributed by atoms with Gasteiger partial charge >= 0.3 is 0 Å². The Bertz CT molecular complexity index is 961. The first-order chi connectivity index (χ1) is 14.7. The first kappa shape index (κ1) is 20.8. The van der Waals surface area contributed by atoms with Crippen LogP contribution in [0.3, 0.4) is 0 Å². The first-order valence-corrected chi connectivity index (χ1v) is 11.4. The molecule has 1 N–H and O–H groups in total. The van der Waals surface area contributed by atoms with Crippen LogP contribution < -0.4 is 10.1 Å². The minimum absolute atomic E-state index is 0.0491. The molecule has 0 saturated carbocycles. The number of ether oxygens (including phenoxy) is 2. The molecule has 0 unspecified atom stereocenters. The minimum atomic E-state index is 0.0491. The third kappa shape index (κ3) is 5.19. The van der Waals surface area contributed by atoms with Crippen molar-refractivity contribution in [3.8, 4) is 17.0 Å². The van der Waals surface area contributed by atoms with E-state index >= 15 is 0 Å². The largest absolute Gasteiger partial charge is 0.494 e. The molecule has 0 aliphatic carbocycles. The predicted octanol–water partition coefficient (Wildman–Crippen LogP) is 2.84. The summed E-state index contributed by atoms with van der Waals surface area (Å²) >= 11 is 1.56. The van der Waals surface area contributed by atoms with Gasteiger partial charge in [0.15, 0.2) is 4.96 Å². The third-order valence-corrected chi connectivity index (χ3v) is 6.05. The molecule has 1 amide bonds. The van der Waals surface area contributed by atoms with Crippen LogP contribution in [0.1, 0.15) is 19.0 Å². The molecule has 30 heavy (non-hydrogen) atoms. The number of hydrogen-bond donors (Lipinski definition) is 1. The molecule has 3 aromatic rings. The molecule has 0 spiro atoms. The van der Waals surface area contributed by atoms with Crippen LogP contribution in [-0.2, 0) is 16.0 Å². The van der Waals surface area contributed by atoms with Gasteiger partial charge in [-0.25, -0.2) is 4.98 Å². The van der Waals surface area contributed by atoms with Gasteiger partial charge in [-0.1, -0.05) is 0 Å². The zero-order valence-corrected chi connectivity index (χ0v) is 18.1. The summed E-state index contributed by atoms with van der Waals surface area (Å²) in [5, 5.41) is 5.05. The highest BCUT2D eigenvalue weighted by molar-refractivity contribution is 7.15. The Morgan fingerprint density at radius 3 is 2.83 bits per heavy atom. The van der Waals surface area contributed by atoms with Gasteiger partial charge in [0.05, 0.1) is 31.9 Å². The molecule has 8 heteroatoms. The van der Waals surface area contributed by atoms with Crippen LogP contribution in [0, 0.1) is 0 Å². The van der Waals surface area contributed by atoms with Crippen molar-refractivity contribution in [2.45, 2.75) is 19.8 Å². The number of aromatic nitrogens is 2. The summed E-state index contributed by atoms with van der Waals surface area (Å²) in [7, 11) is 0. The summed E-state index contributed by atoms with van der Waals surface area (Å²) in [6.07, 6.45) is 3.32. The van der Waals surface area contributed by atoms with E-state index in [1.54, 1.807) is 11.3 Å². The number of rotatable bonds is 9. The highest BCUT2D eigenvalue weighted by Crippen LogP contribution is 2.25. The van der Waals surface area contributed by atoms with Gasteiger partial charge < -0.3 is 14.8 Å². The second-order valence-electron chi connectivity index (χ2n) is 7.30. The van der Waals surface area contributed by atoms with Crippen molar-refractivity contribution < 1.29 is 14.3 Å². The molecule has 1 aromatic carbocycles. The molecule has 0 bridgehead atoms. The van der Waals surface area contributed by atoms with Crippen molar-refractivity contribution >= 4 is 22.2 Å². The molecule has 0 radical (unpaired) electrons. The van der Waals surface area contributed by atoms with Crippen LogP contribution in [0.5, 0.6) is 5.75 Å². The summed E-state index contributed by atoms with van der Waals surface area (Å²) in [6.45, 7) is 7.91. The Morgan fingerprint density at radius 1 is 1.27 bits per heavy atom. The van der Waals surface area contributed by atoms with Crippen molar-refractivity contribution in [2.75, 3.05) is 46.0 Å². The van der Waals surface area contributed by atoms with E-state index < -0.39 is 0 Å². The van der Waals surface area contributed by atoms with Gasteiger partial charge in [0.1, 0.15) is 5.75 Å².